The predicted octanol–water partition coefficient (Wildman–Crippen LogP) is 0.175. The van der Waals surface area contributed by atoms with Crippen molar-refractivity contribution in [2.75, 3.05) is 12.0 Å². The van der Waals surface area contributed by atoms with Crippen molar-refractivity contribution in [1.82, 2.24) is 10.3 Å². The van der Waals surface area contributed by atoms with Crippen molar-refractivity contribution < 1.29 is 24.2 Å². The Morgan fingerprint density at radius 2 is 2.27 bits per heavy atom. The summed E-state index contributed by atoms with van der Waals surface area (Å²) in [6.45, 7) is 1.39. The number of carbonyl (C=O) groups is 3. The number of anilines is 1. The lowest BCUT2D eigenvalue weighted by molar-refractivity contribution is -0.139. The second kappa shape index (κ2) is 6.42. The van der Waals surface area contributed by atoms with Crippen LogP contribution in [0.4, 0.5) is 5.82 Å². The molecule has 22 heavy (non-hydrogen) atoms. The highest BCUT2D eigenvalue weighted by Crippen LogP contribution is 2.22. The van der Waals surface area contributed by atoms with Gasteiger partial charge in [-0.1, -0.05) is 0 Å². The summed E-state index contributed by atoms with van der Waals surface area (Å²) in [6, 6.07) is 1.22. The van der Waals surface area contributed by atoms with Gasteiger partial charge in [-0.15, -0.1) is 0 Å². The molecule has 0 bridgehead atoms. The molecule has 1 aliphatic rings. The molecule has 2 heterocycles. The van der Waals surface area contributed by atoms with Crippen LogP contribution in [0.25, 0.3) is 0 Å². The van der Waals surface area contributed by atoms with Crippen molar-refractivity contribution in [3.63, 3.8) is 0 Å². The van der Waals surface area contributed by atoms with E-state index in [1.165, 1.54) is 26.3 Å². The highest BCUT2D eigenvalue weighted by molar-refractivity contribution is 6.03. The predicted molar refractivity (Wildman–Crippen MR) is 76.5 cm³/mol. The standard InChI is InChI=1S/C14H17N3O5/c1-8(14(20)21)17(11-7-9(22-2)5-6-15-11)13(19)10-3-4-12(18)16-10/h5-8,10H,3-4H2,1-2H3,(H,16,18)(H,20,21)/t8-,10-/m0/s1. The molecule has 1 saturated heterocycles. The van der Waals surface area contributed by atoms with Gasteiger partial charge >= 0.3 is 5.97 Å². The van der Waals surface area contributed by atoms with Crippen molar-refractivity contribution in [2.45, 2.75) is 31.8 Å². The number of aliphatic carboxylic acids is 1. The number of hydrogen-bond acceptors (Lipinski definition) is 5. The van der Waals surface area contributed by atoms with Crippen LogP contribution in [0, 0.1) is 0 Å². The fourth-order valence-corrected chi connectivity index (χ4v) is 2.24. The van der Waals surface area contributed by atoms with E-state index in [4.69, 9.17) is 4.74 Å². The van der Waals surface area contributed by atoms with Crippen molar-refractivity contribution in [3.8, 4) is 5.75 Å². The van der Waals surface area contributed by atoms with Crippen LogP contribution in [0.3, 0.4) is 0 Å². The Morgan fingerprint density at radius 3 is 2.82 bits per heavy atom. The van der Waals surface area contributed by atoms with E-state index >= 15 is 0 Å². The third kappa shape index (κ3) is 3.16. The Morgan fingerprint density at radius 1 is 1.55 bits per heavy atom. The molecule has 1 aliphatic heterocycles. The Hall–Kier alpha value is -2.64. The third-order valence-corrected chi connectivity index (χ3v) is 3.48. The van der Waals surface area contributed by atoms with Crippen LogP contribution in [0.2, 0.25) is 0 Å². The molecule has 0 radical (unpaired) electrons. The first-order valence-corrected chi connectivity index (χ1v) is 6.79. The Labute approximate surface area is 127 Å². The topological polar surface area (TPSA) is 109 Å². The van der Waals surface area contributed by atoms with Crippen molar-refractivity contribution in [2.24, 2.45) is 0 Å². The van der Waals surface area contributed by atoms with Gasteiger partial charge in [-0.2, -0.15) is 0 Å². The van der Waals surface area contributed by atoms with E-state index < -0.39 is 24.0 Å². The first-order chi connectivity index (χ1) is 10.4. The molecule has 0 aliphatic carbocycles. The van der Waals surface area contributed by atoms with Crippen LogP contribution in [0.5, 0.6) is 5.75 Å². The van der Waals surface area contributed by atoms with Gasteiger partial charge in [0.05, 0.1) is 7.11 Å². The summed E-state index contributed by atoms with van der Waals surface area (Å²) >= 11 is 0. The van der Waals surface area contributed by atoms with Gasteiger partial charge in [0.1, 0.15) is 23.7 Å². The number of methoxy groups -OCH3 is 1. The average molecular weight is 307 g/mol. The number of hydrogen-bond donors (Lipinski definition) is 2. The van der Waals surface area contributed by atoms with Crippen LogP contribution in [0.1, 0.15) is 19.8 Å². The minimum Gasteiger partial charge on any atom is -0.497 e. The molecular weight excluding hydrogens is 290 g/mol. The van der Waals surface area contributed by atoms with Crippen LogP contribution in [-0.2, 0) is 14.4 Å². The molecule has 2 rings (SSSR count). The molecular formula is C14H17N3O5. The van der Waals surface area contributed by atoms with Gasteiger partial charge in [-0.25, -0.2) is 9.78 Å². The second-order valence-corrected chi connectivity index (χ2v) is 4.94. The number of rotatable bonds is 5. The van der Waals surface area contributed by atoms with E-state index in [0.717, 1.165) is 4.90 Å². The summed E-state index contributed by atoms with van der Waals surface area (Å²) in [5.41, 5.74) is 0. The molecule has 2 amide bonds. The third-order valence-electron chi connectivity index (χ3n) is 3.48. The fraction of sp³-hybridized carbons (Fsp3) is 0.429. The molecule has 0 aromatic carbocycles. The lowest BCUT2D eigenvalue weighted by Gasteiger charge is -2.28. The van der Waals surface area contributed by atoms with Crippen LogP contribution in [0.15, 0.2) is 18.3 Å². The Bertz CT molecular complexity index is 604. The normalized spacial score (nSPS) is 18.5. The van der Waals surface area contributed by atoms with Gasteiger partial charge in [0.15, 0.2) is 0 Å². The molecule has 1 fully saturated rings. The van der Waals surface area contributed by atoms with Crippen LogP contribution >= 0.6 is 0 Å². The van der Waals surface area contributed by atoms with Gasteiger partial charge in [0.25, 0.3) is 5.91 Å². The van der Waals surface area contributed by atoms with Gasteiger partial charge in [0, 0.05) is 18.7 Å². The fourth-order valence-electron chi connectivity index (χ4n) is 2.24. The zero-order chi connectivity index (χ0) is 16.3. The highest BCUT2D eigenvalue weighted by Gasteiger charge is 2.36. The number of carbonyl (C=O) groups excluding carboxylic acids is 2. The smallest absolute Gasteiger partial charge is 0.326 e. The van der Waals surface area contributed by atoms with Gasteiger partial charge in [-0.05, 0) is 19.4 Å². The van der Waals surface area contributed by atoms with E-state index in [0.29, 0.717) is 12.2 Å². The number of nitrogens with one attached hydrogen (secondary N) is 1. The second-order valence-electron chi connectivity index (χ2n) is 4.94. The molecule has 118 valence electrons. The summed E-state index contributed by atoms with van der Waals surface area (Å²) in [6.07, 6.45) is 2.01. The maximum absolute atomic E-state index is 12.6. The SMILES string of the molecule is COc1ccnc(N(C(=O)[C@@H]2CCC(=O)N2)[C@@H](C)C(=O)O)c1. The number of carboxylic acid groups (broad SMARTS) is 1. The first-order valence-electron chi connectivity index (χ1n) is 6.79. The molecule has 0 unspecified atom stereocenters. The molecule has 0 saturated carbocycles. The lowest BCUT2D eigenvalue weighted by Crippen LogP contribution is -2.51. The maximum Gasteiger partial charge on any atom is 0.326 e. The zero-order valence-electron chi connectivity index (χ0n) is 12.3. The van der Waals surface area contributed by atoms with Crippen LogP contribution < -0.4 is 15.0 Å². The molecule has 1 aromatic heterocycles. The van der Waals surface area contributed by atoms with Crippen LogP contribution in [-0.4, -0.2) is 47.1 Å². The largest absolute Gasteiger partial charge is 0.497 e. The Balaban J connectivity index is 2.35. The van der Waals surface area contributed by atoms with Gasteiger partial charge < -0.3 is 15.2 Å². The van der Waals surface area contributed by atoms with Crippen molar-refractivity contribution >= 4 is 23.6 Å². The number of pyridine rings is 1. The van der Waals surface area contributed by atoms with Gasteiger partial charge in [0.2, 0.25) is 5.91 Å². The average Bonchev–Trinajstić information content (AvgIpc) is 2.94. The number of nitrogens with zero attached hydrogens (tertiary/aromatic N) is 2. The molecule has 0 spiro atoms. The molecule has 2 atom stereocenters. The number of carboxylic acids is 1. The molecule has 1 aromatic rings. The van der Waals surface area contributed by atoms with E-state index in [9.17, 15) is 19.5 Å². The Kier molecular flexibility index (Phi) is 4.59. The number of aromatic nitrogens is 1. The minimum absolute atomic E-state index is 0.167. The molecule has 8 heteroatoms. The summed E-state index contributed by atoms with van der Waals surface area (Å²) in [4.78, 5) is 40.3. The maximum atomic E-state index is 12.6. The van der Waals surface area contributed by atoms with E-state index in [1.807, 2.05) is 0 Å². The number of amides is 2. The summed E-state index contributed by atoms with van der Waals surface area (Å²) < 4.78 is 5.07. The molecule has 2 N–H and O–H groups in total. The summed E-state index contributed by atoms with van der Waals surface area (Å²) in [5.74, 6) is -1.26. The number of ether oxygens (including phenoxy) is 1. The summed E-state index contributed by atoms with van der Waals surface area (Å²) in [7, 11) is 1.46. The lowest BCUT2D eigenvalue weighted by atomic mass is 10.1. The van der Waals surface area contributed by atoms with E-state index in [-0.39, 0.29) is 18.1 Å². The summed E-state index contributed by atoms with van der Waals surface area (Å²) in [5, 5.41) is 11.8. The van der Waals surface area contributed by atoms with Crippen molar-refractivity contribution in [3.05, 3.63) is 18.3 Å². The monoisotopic (exact) mass is 307 g/mol. The van der Waals surface area contributed by atoms with Gasteiger partial charge in [-0.3, -0.25) is 14.5 Å². The first kappa shape index (κ1) is 15.7. The van der Waals surface area contributed by atoms with E-state index in [1.54, 1.807) is 6.07 Å². The molecule has 8 nitrogen and oxygen atoms in total. The zero-order valence-corrected chi connectivity index (χ0v) is 12.3. The van der Waals surface area contributed by atoms with Crippen molar-refractivity contribution in [1.29, 1.82) is 0 Å². The minimum atomic E-state index is -1.16. The van der Waals surface area contributed by atoms with E-state index in [2.05, 4.69) is 10.3 Å². The quantitative estimate of drug-likeness (QED) is 0.803. The highest BCUT2D eigenvalue weighted by atomic mass is 16.5.